The van der Waals surface area contributed by atoms with Crippen LogP contribution in [0.4, 0.5) is 0 Å². The van der Waals surface area contributed by atoms with E-state index >= 15 is 0 Å². The molecule has 3 N–H and O–H groups in total. The first-order chi connectivity index (χ1) is 13.1. The van der Waals surface area contributed by atoms with Crippen molar-refractivity contribution in [3.8, 4) is 5.75 Å². The van der Waals surface area contributed by atoms with Gasteiger partial charge in [-0.15, -0.1) is 24.0 Å². The quantitative estimate of drug-likeness (QED) is 0.280. The van der Waals surface area contributed by atoms with Crippen LogP contribution < -0.4 is 20.7 Å². The van der Waals surface area contributed by atoms with Crippen molar-refractivity contribution in [1.29, 1.82) is 0 Å². The Labute approximate surface area is 183 Å². The van der Waals surface area contributed by atoms with Crippen LogP contribution >= 0.6 is 24.0 Å². The van der Waals surface area contributed by atoms with Gasteiger partial charge in [-0.25, -0.2) is 0 Å². The molecule has 0 saturated carbocycles. The van der Waals surface area contributed by atoms with Crippen molar-refractivity contribution in [3.63, 3.8) is 0 Å². The zero-order valence-corrected chi connectivity index (χ0v) is 18.9. The van der Waals surface area contributed by atoms with Gasteiger partial charge in [0.2, 0.25) is 5.91 Å². The fourth-order valence-electron chi connectivity index (χ4n) is 2.55. The summed E-state index contributed by atoms with van der Waals surface area (Å²) in [7, 11) is 3.35. The maximum absolute atomic E-state index is 11.9. The van der Waals surface area contributed by atoms with Crippen LogP contribution in [0.15, 0.2) is 52.1 Å². The molecule has 0 bridgehead atoms. The van der Waals surface area contributed by atoms with Gasteiger partial charge in [0.15, 0.2) is 5.96 Å². The van der Waals surface area contributed by atoms with Gasteiger partial charge in [-0.1, -0.05) is 19.1 Å². The van der Waals surface area contributed by atoms with Crippen molar-refractivity contribution in [3.05, 3.63) is 54.0 Å². The molecule has 1 heterocycles. The lowest BCUT2D eigenvalue weighted by Crippen LogP contribution is -2.43. The van der Waals surface area contributed by atoms with Crippen molar-refractivity contribution in [1.82, 2.24) is 16.0 Å². The molecule has 0 aliphatic carbocycles. The van der Waals surface area contributed by atoms with E-state index in [0.29, 0.717) is 18.4 Å². The summed E-state index contributed by atoms with van der Waals surface area (Å²) in [5.74, 6) is 2.46. The van der Waals surface area contributed by atoms with Crippen LogP contribution in [0.25, 0.3) is 0 Å². The SMILES string of the molecule is CN=C(NCCC(C)c1ccc(OC)cc1)NCC(=O)NCc1ccco1.I. The molecule has 7 nitrogen and oxygen atoms in total. The number of carbonyl (C=O) groups is 1. The van der Waals surface area contributed by atoms with Gasteiger partial charge in [-0.05, 0) is 42.2 Å². The lowest BCUT2D eigenvalue weighted by atomic mass is 9.98. The van der Waals surface area contributed by atoms with Crippen molar-refractivity contribution >= 4 is 35.8 Å². The molecule has 1 aromatic carbocycles. The van der Waals surface area contributed by atoms with Gasteiger partial charge in [0.05, 0.1) is 26.5 Å². The van der Waals surface area contributed by atoms with Gasteiger partial charge in [-0.2, -0.15) is 0 Å². The Morgan fingerprint density at radius 3 is 2.54 bits per heavy atom. The minimum absolute atomic E-state index is 0. The molecule has 1 amide bonds. The number of ether oxygens (including phenoxy) is 1. The highest BCUT2D eigenvalue weighted by molar-refractivity contribution is 14.0. The lowest BCUT2D eigenvalue weighted by Gasteiger charge is -2.15. The number of hydrogen-bond acceptors (Lipinski definition) is 4. The van der Waals surface area contributed by atoms with Crippen molar-refractivity contribution in [2.45, 2.75) is 25.8 Å². The lowest BCUT2D eigenvalue weighted by molar-refractivity contribution is -0.120. The summed E-state index contributed by atoms with van der Waals surface area (Å²) in [5.41, 5.74) is 1.26. The zero-order chi connectivity index (χ0) is 19.5. The molecular weight excluding hydrogens is 471 g/mol. The van der Waals surface area contributed by atoms with Crippen LogP contribution in [0, 0.1) is 0 Å². The normalized spacial score (nSPS) is 11.9. The number of hydrogen-bond donors (Lipinski definition) is 3. The number of methoxy groups -OCH3 is 1. The number of nitrogens with one attached hydrogen (secondary N) is 3. The fourth-order valence-corrected chi connectivity index (χ4v) is 2.55. The van der Waals surface area contributed by atoms with Crippen LogP contribution in [0.3, 0.4) is 0 Å². The molecule has 0 aliphatic rings. The van der Waals surface area contributed by atoms with E-state index in [2.05, 4.69) is 40.0 Å². The Bertz CT molecular complexity index is 718. The van der Waals surface area contributed by atoms with E-state index in [4.69, 9.17) is 9.15 Å². The molecule has 2 rings (SSSR count). The third-order valence-corrected chi connectivity index (χ3v) is 4.23. The Kier molecular flexibility index (Phi) is 11.1. The molecular formula is C20H29IN4O3. The molecule has 1 atom stereocenters. The molecule has 0 spiro atoms. The molecule has 28 heavy (non-hydrogen) atoms. The second-order valence-corrected chi connectivity index (χ2v) is 6.17. The van der Waals surface area contributed by atoms with Gasteiger partial charge < -0.3 is 25.1 Å². The number of amides is 1. The molecule has 154 valence electrons. The largest absolute Gasteiger partial charge is 0.497 e. The minimum Gasteiger partial charge on any atom is -0.497 e. The maximum atomic E-state index is 11.9. The smallest absolute Gasteiger partial charge is 0.239 e. The first-order valence-electron chi connectivity index (χ1n) is 9.00. The summed E-state index contributed by atoms with van der Waals surface area (Å²) in [6, 6.07) is 11.7. The van der Waals surface area contributed by atoms with Crippen LogP contribution in [0.1, 0.15) is 30.6 Å². The predicted octanol–water partition coefficient (Wildman–Crippen LogP) is 2.88. The Balaban J connectivity index is 0.00000392. The summed E-state index contributed by atoms with van der Waals surface area (Å²) in [6.45, 7) is 3.45. The number of halogens is 1. The van der Waals surface area contributed by atoms with Crippen molar-refractivity contribution < 1.29 is 13.9 Å². The standard InChI is InChI=1S/C20H28N4O3.HI/c1-15(16-6-8-17(26-3)9-7-16)10-11-22-20(21-2)24-14-19(25)23-13-18-5-4-12-27-18;/h4-9,12,15H,10-11,13-14H2,1-3H3,(H,23,25)(H2,21,22,24);1H. The summed E-state index contributed by atoms with van der Waals surface area (Å²) in [4.78, 5) is 16.0. The fraction of sp³-hybridized carbons (Fsp3) is 0.400. The number of rotatable bonds is 9. The summed E-state index contributed by atoms with van der Waals surface area (Å²) >= 11 is 0. The molecule has 1 aromatic heterocycles. The van der Waals surface area contributed by atoms with Gasteiger partial charge in [0.25, 0.3) is 0 Å². The molecule has 0 saturated heterocycles. The highest BCUT2D eigenvalue weighted by Gasteiger charge is 2.08. The van der Waals surface area contributed by atoms with Crippen molar-refractivity contribution in [2.24, 2.45) is 4.99 Å². The number of benzene rings is 1. The monoisotopic (exact) mass is 500 g/mol. The molecule has 0 aliphatic heterocycles. The Morgan fingerprint density at radius 2 is 1.93 bits per heavy atom. The third kappa shape index (κ3) is 8.20. The molecule has 0 radical (unpaired) electrons. The van der Waals surface area contributed by atoms with E-state index in [1.807, 2.05) is 18.2 Å². The first kappa shape index (κ1) is 23.8. The topological polar surface area (TPSA) is 87.9 Å². The second kappa shape index (κ2) is 13.0. The van der Waals surface area contributed by atoms with E-state index < -0.39 is 0 Å². The average molecular weight is 500 g/mol. The van der Waals surface area contributed by atoms with Gasteiger partial charge in [-0.3, -0.25) is 9.79 Å². The number of furan rings is 1. The molecule has 2 aromatic rings. The van der Waals surface area contributed by atoms with Gasteiger partial charge in [0, 0.05) is 13.6 Å². The maximum Gasteiger partial charge on any atom is 0.239 e. The van der Waals surface area contributed by atoms with Gasteiger partial charge in [0.1, 0.15) is 11.5 Å². The average Bonchev–Trinajstić information content (AvgIpc) is 3.22. The first-order valence-corrected chi connectivity index (χ1v) is 9.00. The minimum atomic E-state index is -0.124. The Hall–Kier alpha value is -2.23. The second-order valence-electron chi connectivity index (χ2n) is 6.17. The van der Waals surface area contributed by atoms with E-state index in [1.165, 1.54) is 5.56 Å². The van der Waals surface area contributed by atoms with Gasteiger partial charge >= 0.3 is 0 Å². The summed E-state index contributed by atoms with van der Waals surface area (Å²) < 4.78 is 10.4. The van der Waals surface area contributed by atoms with Crippen LogP contribution in [-0.4, -0.2) is 39.1 Å². The van der Waals surface area contributed by atoms with Crippen LogP contribution in [-0.2, 0) is 11.3 Å². The highest BCUT2D eigenvalue weighted by Crippen LogP contribution is 2.21. The number of nitrogens with zero attached hydrogens (tertiary/aromatic N) is 1. The van der Waals surface area contributed by atoms with E-state index in [0.717, 1.165) is 24.5 Å². The molecule has 0 fully saturated rings. The predicted molar refractivity (Wildman–Crippen MR) is 121 cm³/mol. The molecule has 8 heteroatoms. The van der Waals surface area contributed by atoms with Crippen LogP contribution in [0.2, 0.25) is 0 Å². The zero-order valence-electron chi connectivity index (χ0n) is 16.5. The van der Waals surface area contributed by atoms with E-state index in [-0.39, 0.29) is 36.4 Å². The number of carbonyl (C=O) groups excluding carboxylic acids is 1. The Morgan fingerprint density at radius 1 is 1.18 bits per heavy atom. The number of guanidine groups is 1. The molecule has 1 unspecified atom stereocenters. The van der Waals surface area contributed by atoms with E-state index in [1.54, 1.807) is 26.5 Å². The van der Waals surface area contributed by atoms with Crippen molar-refractivity contribution in [2.75, 3.05) is 27.2 Å². The highest BCUT2D eigenvalue weighted by atomic mass is 127. The van der Waals surface area contributed by atoms with E-state index in [9.17, 15) is 4.79 Å². The number of aliphatic imine (C=N–C) groups is 1. The summed E-state index contributed by atoms with van der Waals surface area (Å²) in [6.07, 6.45) is 2.52. The van der Waals surface area contributed by atoms with Crippen LogP contribution in [0.5, 0.6) is 5.75 Å². The third-order valence-electron chi connectivity index (χ3n) is 4.23. The summed E-state index contributed by atoms with van der Waals surface area (Å²) in [5, 5.41) is 9.02.